The molecule has 0 unspecified atom stereocenters. The number of hydrogen-bond donors (Lipinski definition) is 1. The summed E-state index contributed by atoms with van der Waals surface area (Å²) in [7, 11) is 0. The van der Waals surface area contributed by atoms with Crippen molar-refractivity contribution in [2.45, 2.75) is 6.54 Å². The van der Waals surface area contributed by atoms with Crippen LogP contribution in [0.4, 0.5) is 0 Å². The van der Waals surface area contributed by atoms with Crippen molar-refractivity contribution in [3.63, 3.8) is 0 Å². The third-order valence-corrected chi connectivity index (χ3v) is 4.77. The van der Waals surface area contributed by atoms with E-state index in [0.29, 0.717) is 34.4 Å². The van der Waals surface area contributed by atoms with Crippen molar-refractivity contribution in [2.24, 2.45) is 5.73 Å². The van der Waals surface area contributed by atoms with Gasteiger partial charge in [0.2, 0.25) is 0 Å². The second kappa shape index (κ2) is 7.92. The van der Waals surface area contributed by atoms with E-state index in [1.165, 1.54) is 11.3 Å². The molecule has 0 saturated carbocycles. The summed E-state index contributed by atoms with van der Waals surface area (Å²) in [5, 5.41) is 18.6. The van der Waals surface area contributed by atoms with Gasteiger partial charge < -0.3 is 10.5 Å². The summed E-state index contributed by atoms with van der Waals surface area (Å²) >= 11 is 1.32. The van der Waals surface area contributed by atoms with Crippen LogP contribution in [0, 0.1) is 11.3 Å². The molecule has 0 saturated heterocycles. The van der Waals surface area contributed by atoms with Crippen molar-refractivity contribution in [2.75, 3.05) is 0 Å². The Hall–Kier alpha value is -3.67. The lowest BCUT2D eigenvalue weighted by atomic mass is 10.1. The number of aromatic nitrogens is 4. The zero-order valence-electron chi connectivity index (χ0n) is 14.6. The summed E-state index contributed by atoms with van der Waals surface area (Å²) < 4.78 is 5.95. The van der Waals surface area contributed by atoms with E-state index in [1.807, 2.05) is 30.3 Å². The molecule has 2 aromatic heterocycles. The van der Waals surface area contributed by atoms with Gasteiger partial charge in [-0.2, -0.15) is 5.26 Å². The number of hydrogen-bond acceptors (Lipinski definition) is 8. The molecular formula is C20H14N6OS. The topological polar surface area (TPSA) is 111 Å². The van der Waals surface area contributed by atoms with Gasteiger partial charge in [0.1, 0.15) is 5.75 Å². The predicted octanol–water partition coefficient (Wildman–Crippen LogP) is 3.78. The molecule has 2 heterocycles. The molecule has 0 aliphatic heterocycles. The van der Waals surface area contributed by atoms with E-state index >= 15 is 0 Å². The van der Waals surface area contributed by atoms with Gasteiger partial charge >= 0.3 is 0 Å². The van der Waals surface area contributed by atoms with Crippen molar-refractivity contribution in [3.05, 3.63) is 72.1 Å². The molecule has 0 atom stereocenters. The Morgan fingerprint density at radius 1 is 1.04 bits per heavy atom. The van der Waals surface area contributed by atoms with Crippen molar-refractivity contribution in [1.82, 2.24) is 20.2 Å². The molecule has 0 aliphatic rings. The highest BCUT2D eigenvalue weighted by Crippen LogP contribution is 2.35. The van der Waals surface area contributed by atoms with Gasteiger partial charge in [0.25, 0.3) is 5.19 Å². The first-order chi connectivity index (χ1) is 13.8. The van der Waals surface area contributed by atoms with E-state index in [1.54, 1.807) is 30.6 Å². The maximum Gasteiger partial charge on any atom is 0.299 e. The van der Waals surface area contributed by atoms with Gasteiger partial charge in [-0.05, 0) is 18.2 Å². The van der Waals surface area contributed by atoms with Crippen molar-refractivity contribution in [1.29, 1.82) is 5.26 Å². The molecule has 2 N–H and O–H groups in total. The van der Waals surface area contributed by atoms with Crippen LogP contribution in [0.5, 0.6) is 10.9 Å². The number of nitriles is 1. The predicted molar refractivity (Wildman–Crippen MR) is 105 cm³/mol. The minimum atomic E-state index is 0.365. The van der Waals surface area contributed by atoms with Crippen LogP contribution >= 0.6 is 11.3 Å². The fourth-order valence-electron chi connectivity index (χ4n) is 2.50. The number of benzene rings is 2. The van der Waals surface area contributed by atoms with Gasteiger partial charge in [0, 0.05) is 30.1 Å². The highest BCUT2D eigenvalue weighted by Gasteiger charge is 2.15. The minimum absolute atomic E-state index is 0.365. The van der Waals surface area contributed by atoms with Crippen LogP contribution < -0.4 is 10.5 Å². The molecule has 0 fully saturated rings. The summed E-state index contributed by atoms with van der Waals surface area (Å²) in [6.45, 7) is 0.365. The van der Waals surface area contributed by atoms with E-state index in [-0.39, 0.29) is 0 Å². The summed E-state index contributed by atoms with van der Waals surface area (Å²) in [6, 6.07) is 16.9. The maximum atomic E-state index is 9.23. The number of nitrogens with two attached hydrogens (primary N) is 1. The Labute approximate surface area is 165 Å². The largest absolute Gasteiger partial charge is 0.429 e. The number of nitrogens with zero attached hydrogens (tertiary/aromatic N) is 5. The Balaban J connectivity index is 1.68. The lowest BCUT2D eigenvalue weighted by Gasteiger charge is -2.08. The SMILES string of the molecule is N#Cc1ccc(-c2ncc(CN)cn2)c(Oc2nnc(-c3ccccc3)s2)c1. The Morgan fingerprint density at radius 3 is 2.54 bits per heavy atom. The molecule has 0 bridgehead atoms. The average molecular weight is 386 g/mol. The van der Waals surface area contributed by atoms with Gasteiger partial charge in [-0.15, -0.1) is 5.10 Å². The fourth-order valence-corrected chi connectivity index (χ4v) is 3.22. The van der Waals surface area contributed by atoms with Crippen LogP contribution in [-0.2, 0) is 6.54 Å². The molecule has 136 valence electrons. The molecule has 0 spiro atoms. The Morgan fingerprint density at radius 2 is 1.82 bits per heavy atom. The number of ether oxygens (including phenoxy) is 1. The average Bonchev–Trinajstić information content (AvgIpc) is 3.23. The van der Waals surface area contributed by atoms with Crippen LogP contribution in [0.1, 0.15) is 11.1 Å². The van der Waals surface area contributed by atoms with Crippen LogP contribution in [0.25, 0.3) is 22.0 Å². The Bertz CT molecular complexity index is 1140. The highest BCUT2D eigenvalue weighted by molar-refractivity contribution is 7.16. The summed E-state index contributed by atoms with van der Waals surface area (Å²) in [4.78, 5) is 8.69. The standard InChI is InChI=1S/C20H14N6OS/c21-9-13-6-7-16(18-23-11-14(10-22)12-24-18)17(8-13)27-20-26-25-19(28-20)15-4-2-1-3-5-15/h1-8,11-12H,10,22H2. The third-order valence-electron chi connectivity index (χ3n) is 3.92. The molecular weight excluding hydrogens is 372 g/mol. The molecule has 2 aromatic carbocycles. The van der Waals surface area contributed by atoms with Crippen LogP contribution in [0.15, 0.2) is 60.9 Å². The summed E-state index contributed by atoms with van der Waals surface area (Å²) in [6.07, 6.45) is 3.34. The van der Waals surface area contributed by atoms with Crippen molar-refractivity contribution >= 4 is 11.3 Å². The fraction of sp³-hybridized carbons (Fsp3) is 0.0500. The highest BCUT2D eigenvalue weighted by atomic mass is 32.1. The van der Waals surface area contributed by atoms with E-state index in [4.69, 9.17) is 10.5 Å². The second-order valence-corrected chi connectivity index (χ2v) is 6.72. The Kier molecular flexibility index (Phi) is 5.01. The van der Waals surface area contributed by atoms with E-state index in [0.717, 1.165) is 16.1 Å². The molecule has 8 heteroatoms. The molecule has 0 aliphatic carbocycles. The molecule has 4 aromatic rings. The van der Waals surface area contributed by atoms with Crippen LogP contribution in [0.2, 0.25) is 0 Å². The van der Waals surface area contributed by atoms with Crippen LogP contribution in [0.3, 0.4) is 0 Å². The van der Waals surface area contributed by atoms with Gasteiger partial charge in [-0.25, -0.2) is 9.97 Å². The second-order valence-electron chi connectivity index (χ2n) is 5.78. The molecule has 7 nitrogen and oxygen atoms in total. The molecule has 4 rings (SSSR count). The lowest BCUT2D eigenvalue weighted by molar-refractivity contribution is 0.474. The first kappa shape index (κ1) is 17.7. The normalized spacial score (nSPS) is 10.4. The van der Waals surface area contributed by atoms with E-state index < -0.39 is 0 Å². The van der Waals surface area contributed by atoms with Crippen LogP contribution in [-0.4, -0.2) is 20.2 Å². The molecule has 28 heavy (non-hydrogen) atoms. The lowest BCUT2D eigenvalue weighted by Crippen LogP contribution is -2.00. The van der Waals surface area contributed by atoms with E-state index in [2.05, 4.69) is 26.2 Å². The first-order valence-electron chi connectivity index (χ1n) is 8.39. The van der Waals surface area contributed by atoms with E-state index in [9.17, 15) is 5.26 Å². The first-order valence-corrected chi connectivity index (χ1v) is 9.21. The van der Waals surface area contributed by atoms with Crippen molar-refractivity contribution < 1.29 is 4.74 Å². The zero-order valence-corrected chi connectivity index (χ0v) is 15.4. The minimum Gasteiger partial charge on any atom is -0.429 e. The molecule has 0 radical (unpaired) electrons. The quantitative estimate of drug-likeness (QED) is 0.555. The monoisotopic (exact) mass is 386 g/mol. The number of rotatable bonds is 5. The van der Waals surface area contributed by atoms with Gasteiger partial charge in [-0.1, -0.05) is 46.8 Å². The van der Waals surface area contributed by atoms with Gasteiger partial charge in [-0.3, -0.25) is 0 Å². The maximum absolute atomic E-state index is 9.23. The smallest absolute Gasteiger partial charge is 0.299 e. The van der Waals surface area contributed by atoms with Gasteiger partial charge in [0.15, 0.2) is 10.8 Å². The van der Waals surface area contributed by atoms with Crippen molar-refractivity contribution in [3.8, 4) is 39.0 Å². The summed E-state index contributed by atoms with van der Waals surface area (Å²) in [5.41, 5.74) is 8.51. The van der Waals surface area contributed by atoms with Gasteiger partial charge in [0.05, 0.1) is 17.2 Å². The zero-order chi connectivity index (χ0) is 19.3. The third kappa shape index (κ3) is 3.71. The molecule has 0 amide bonds. The summed E-state index contributed by atoms with van der Waals surface area (Å²) in [5.74, 6) is 0.916.